The van der Waals surface area contributed by atoms with Crippen LogP contribution in [0.3, 0.4) is 0 Å². The standard InChI is InChI=1S/C4H10O4P/c1-3-7-9(5,6)8-4-2/h3-4H2,1-2H3. The predicted octanol–water partition coefficient (Wildman–Crippen LogP) is 1.60. The molecule has 0 saturated heterocycles. The van der Waals surface area contributed by atoms with Crippen LogP contribution in [0.1, 0.15) is 13.8 Å². The predicted molar refractivity (Wildman–Crippen MR) is 31.5 cm³/mol. The summed E-state index contributed by atoms with van der Waals surface area (Å²) in [5, 5.41) is 0. The van der Waals surface area contributed by atoms with Gasteiger partial charge in [0.15, 0.2) is 0 Å². The number of hydrogen-bond acceptors (Lipinski definition) is 3. The molecule has 0 aromatic rings. The Bertz CT molecular complexity index is 103. The molecule has 0 aliphatic carbocycles. The van der Waals surface area contributed by atoms with E-state index >= 15 is 0 Å². The van der Waals surface area contributed by atoms with E-state index in [1.165, 1.54) is 0 Å². The molecule has 0 rings (SSSR count). The normalized spacial score (nSPS) is 11.9. The minimum Gasteiger partial charge on any atom is -0.286 e. The molecule has 0 aliphatic heterocycles. The third kappa shape index (κ3) is 4.60. The monoisotopic (exact) mass is 153 g/mol. The van der Waals surface area contributed by atoms with Crippen molar-refractivity contribution in [3.63, 3.8) is 0 Å². The zero-order chi connectivity index (χ0) is 7.33. The first-order valence-corrected chi connectivity index (χ1v) is 4.18. The molecule has 0 bridgehead atoms. The fraction of sp³-hybridized carbons (Fsp3) is 1.00. The molecular weight excluding hydrogens is 143 g/mol. The zero-order valence-corrected chi connectivity index (χ0v) is 6.39. The highest BCUT2D eigenvalue weighted by molar-refractivity contribution is 7.47. The minimum absolute atomic E-state index is 0.126. The molecule has 0 aliphatic rings. The number of rotatable bonds is 4. The molecule has 0 unspecified atom stereocenters. The highest BCUT2D eigenvalue weighted by Gasteiger charge is 2.20. The third-order valence-corrected chi connectivity index (χ3v) is 1.72. The maximum absolute atomic E-state index is 10.4. The summed E-state index contributed by atoms with van der Waals surface area (Å²) in [5.41, 5.74) is 0. The van der Waals surface area contributed by atoms with Gasteiger partial charge in [-0.05, 0) is 13.8 Å². The van der Waals surface area contributed by atoms with Gasteiger partial charge in [0.2, 0.25) is 0 Å². The van der Waals surface area contributed by atoms with Crippen molar-refractivity contribution >= 4 is 7.82 Å². The molecule has 0 saturated carbocycles. The van der Waals surface area contributed by atoms with E-state index < -0.39 is 7.82 Å². The van der Waals surface area contributed by atoms with Gasteiger partial charge in [-0.1, -0.05) is 0 Å². The van der Waals surface area contributed by atoms with Crippen molar-refractivity contribution in [2.75, 3.05) is 13.2 Å². The van der Waals surface area contributed by atoms with Gasteiger partial charge in [-0.2, -0.15) is 0 Å². The Morgan fingerprint density at radius 2 is 1.56 bits per heavy atom. The van der Waals surface area contributed by atoms with E-state index in [2.05, 4.69) is 9.05 Å². The molecule has 9 heavy (non-hydrogen) atoms. The van der Waals surface area contributed by atoms with Crippen LogP contribution >= 0.6 is 7.82 Å². The van der Waals surface area contributed by atoms with Crippen LogP contribution in [-0.4, -0.2) is 13.2 Å². The van der Waals surface area contributed by atoms with Gasteiger partial charge < -0.3 is 0 Å². The van der Waals surface area contributed by atoms with Gasteiger partial charge in [0, 0.05) is 0 Å². The molecule has 0 N–H and O–H groups in total. The van der Waals surface area contributed by atoms with Gasteiger partial charge in [0.25, 0.3) is 0 Å². The Balaban J connectivity index is 3.58. The summed E-state index contributed by atoms with van der Waals surface area (Å²) in [6.07, 6.45) is 0. The second kappa shape index (κ2) is 4.01. The van der Waals surface area contributed by atoms with Crippen LogP contribution in [0.15, 0.2) is 0 Å². The second-order valence-electron chi connectivity index (χ2n) is 1.28. The van der Waals surface area contributed by atoms with Crippen molar-refractivity contribution in [1.29, 1.82) is 0 Å². The van der Waals surface area contributed by atoms with Crippen molar-refractivity contribution in [1.82, 2.24) is 0 Å². The van der Waals surface area contributed by atoms with Crippen molar-refractivity contribution in [2.45, 2.75) is 13.8 Å². The molecule has 55 valence electrons. The SMILES string of the molecule is CCOP([O])(=O)OCC. The molecule has 4 nitrogen and oxygen atoms in total. The summed E-state index contributed by atoms with van der Waals surface area (Å²) in [4.78, 5) is 10.4. The lowest BCUT2D eigenvalue weighted by Crippen LogP contribution is -1.91. The fourth-order valence-electron chi connectivity index (χ4n) is 0.353. The van der Waals surface area contributed by atoms with Crippen LogP contribution in [-0.2, 0) is 18.5 Å². The Morgan fingerprint density at radius 1 is 1.22 bits per heavy atom. The lowest BCUT2D eigenvalue weighted by Gasteiger charge is -2.05. The van der Waals surface area contributed by atoms with Crippen molar-refractivity contribution in [3.05, 3.63) is 0 Å². The van der Waals surface area contributed by atoms with Gasteiger partial charge in [0.1, 0.15) is 0 Å². The summed E-state index contributed by atoms with van der Waals surface area (Å²) < 4.78 is 18.9. The van der Waals surface area contributed by atoms with E-state index in [9.17, 15) is 9.46 Å². The van der Waals surface area contributed by atoms with E-state index in [1.54, 1.807) is 13.8 Å². The summed E-state index contributed by atoms with van der Waals surface area (Å²) in [6, 6.07) is 0. The number of hydrogen-bond donors (Lipinski definition) is 0. The van der Waals surface area contributed by atoms with E-state index in [0.29, 0.717) is 0 Å². The molecule has 0 aromatic heterocycles. The first kappa shape index (κ1) is 9.11. The zero-order valence-electron chi connectivity index (χ0n) is 5.49. The Kier molecular flexibility index (Phi) is 4.06. The third-order valence-electron chi connectivity index (χ3n) is 0.574. The van der Waals surface area contributed by atoms with Crippen molar-refractivity contribution in [2.24, 2.45) is 0 Å². The van der Waals surface area contributed by atoms with Gasteiger partial charge in [-0.25, -0.2) is 4.57 Å². The Hall–Kier alpha value is 0.110. The maximum Gasteiger partial charge on any atom is 0.502 e. The minimum atomic E-state index is -3.94. The largest absolute Gasteiger partial charge is 0.502 e. The van der Waals surface area contributed by atoms with E-state index in [4.69, 9.17) is 0 Å². The van der Waals surface area contributed by atoms with Gasteiger partial charge in [-0.3, -0.25) is 9.05 Å². The smallest absolute Gasteiger partial charge is 0.286 e. The lowest BCUT2D eigenvalue weighted by molar-refractivity contribution is 0.138. The first-order valence-electron chi connectivity index (χ1n) is 2.72. The molecule has 0 aromatic carbocycles. The van der Waals surface area contributed by atoms with Crippen LogP contribution in [0.5, 0.6) is 0 Å². The highest BCUT2D eigenvalue weighted by Crippen LogP contribution is 2.43. The van der Waals surface area contributed by atoms with Crippen LogP contribution in [0.2, 0.25) is 0 Å². The molecule has 0 fully saturated rings. The molecule has 0 heterocycles. The van der Waals surface area contributed by atoms with Crippen LogP contribution < -0.4 is 0 Å². The maximum atomic E-state index is 10.4. The fourth-order valence-corrected chi connectivity index (χ4v) is 1.06. The van der Waals surface area contributed by atoms with Crippen molar-refractivity contribution < 1.29 is 18.5 Å². The quantitative estimate of drug-likeness (QED) is 0.576. The van der Waals surface area contributed by atoms with Crippen LogP contribution in [0.25, 0.3) is 0 Å². The summed E-state index contributed by atoms with van der Waals surface area (Å²) in [7, 11) is -3.94. The second-order valence-corrected chi connectivity index (χ2v) is 2.69. The van der Waals surface area contributed by atoms with Gasteiger partial charge in [-0.15, -0.1) is 4.89 Å². The van der Waals surface area contributed by atoms with E-state index in [-0.39, 0.29) is 13.2 Å². The van der Waals surface area contributed by atoms with Crippen LogP contribution in [0.4, 0.5) is 0 Å². The van der Waals surface area contributed by atoms with E-state index in [0.717, 1.165) is 0 Å². The molecule has 5 heteroatoms. The summed E-state index contributed by atoms with van der Waals surface area (Å²) in [5.74, 6) is 0. The Morgan fingerprint density at radius 3 is 1.78 bits per heavy atom. The first-order chi connectivity index (χ1) is 4.12. The highest BCUT2D eigenvalue weighted by atomic mass is 31.2. The summed E-state index contributed by atoms with van der Waals surface area (Å²) >= 11 is 0. The average molecular weight is 153 g/mol. The molecule has 0 spiro atoms. The van der Waals surface area contributed by atoms with Gasteiger partial charge in [0.05, 0.1) is 13.2 Å². The van der Waals surface area contributed by atoms with Gasteiger partial charge >= 0.3 is 7.82 Å². The topological polar surface area (TPSA) is 55.4 Å². The lowest BCUT2D eigenvalue weighted by atomic mass is 10.9. The van der Waals surface area contributed by atoms with Crippen molar-refractivity contribution in [3.8, 4) is 0 Å². The molecule has 1 radical (unpaired) electrons. The molecular formula is C4H10O4P. The molecule has 0 amide bonds. The Labute approximate surface area is 54.4 Å². The van der Waals surface area contributed by atoms with E-state index in [1.807, 2.05) is 0 Å². The van der Waals surface area contributed by atoms with Crippen LogP contribution in [0, 0.1) is 0 Å². The summed E-state index contributed by atoms with van der Waals surface area (Å²) in [6.45, 7) is 3.43. The average Bonchev–Trinajstić information content (AvgIpc) is 1.64. The molecule has 0 atom stereocenters.